The third kappa shape index (κ3) is 3.29. The average molecular weight is 403 g/mol. The summed E-state index contributed by atoms with van der Waals surface area (Å²) in [5.41, 5.74) is 0. The first-order chi connectivity index (χ1) is 7.00. The van der Waals surface area contributed by atoms with Gasteiger partial charge >= 0.3 is 0 Å². The highest BCUT2D eigenvalue weighted by Crippen LogP contribution is 2.48. The zero-order valence-corrected chi connectivity index (χ0v) is 20.0. The van der Waals surface area contributed by atoms with Gasteiger partial charge in [0.05, 0.1) is 0 Å². The molecule has 0 nitrogen and oxygen atoms in total. The standard InChI is InChI=1S/C8H24Cl4Si5/c1-13(2,9)17(14(3,4)10,15(5,6)11)16(7,8)12/h1-8H3. The maximum absolute atomic E-state index is 6.96. The van der Waals surface area contributed by atoms with Gasteiger partial charge in [0.2, 0.25) is 0 Å². The highest BCUT2D eigenvalue weighted by Gasteiger charge is 2.74. The number of rotatable bonds is 4. The molecule has 9 heteroatoms. The summed E-state index contributed by atoms with van der Waals surface area (Å²) in [6, 6.07) is 0. The van der Waals surface area contributed by atoms with Crippen molar-refractivity contribution < 1.29 is 0 Å². The third-order valence-corrected chi connectivity index (χ3v) is 127. The van der Waals surface area contributed by atoms with Crippen molar-refractivity contribution in [2.75, 3.05) is 0 Å². The highest BCUT2D eigenvalue weighted by atomic mass is 35.6. The molecule has 0 saturated carbocycles. The van der Waals surface area contributed by atoms with Crippen molar-refractivity contribution in [2.24, 2.45) is 0 Å². The van der Waals surface area contributed by atoms with E-state index in [-0.39, 0.29) is 0 Å². The summed E-state index contributed by atoms with van der Waals surface area (Å²) in [7, 11) is 0. The van der Waals surface area contributed by atoms with Crippen LogP contribution in [0.15, 0.2) is 0 Å². The molecule has 0 aromatic rings. The topological polar surface area (TPSA) is 0 Å². The lowest BCUT2D eigenvalue weighted by Gasteiger charge is -2.57. The molecule has 0 amide bonds. The Bertz CT molecular complexity index is 219. The lowest BCUT2D eigenvalue weighted by molar-refractivity contribution is 1.91. The molecule has 0 aromatic carbocycles. The van der Waals surface area contributed by atoms with Crippen LogP contribution in [0.4, 0.5) is 0 Å². The van der Waals surface area contributed by atoms with E-state index in [2.05, 4.69) is 52.4 Å². The summed E-state index contributed by atoms with van der Waals surface area (Å²) < 4.78 is 0. The van der Waals surface area contributed by atoms with Crippen molar-refractivity contribution in [1.29, 1.82) is 0 Å². The van der Waals surface area contributed by atoms with Gasteiger partial charge < -0.3 is 0 Å². The lowest BCUT2D eigenvalue weighted by Crippen LogP contribution is -2.89. The number of halogens is 4. The van der Waals surface area contributed by atoms with E-state index in [1.807, 2.05) is 0 Å². The minimum atomic E-state index is -1.98. The van der Waals surface area contributed by atoms with Gasteiger partial charge in [-0.3, -0.25) is 0 Å². The van der Waals surface area contributed by atoms with E-state index in [4.69, 9.17) is 44.3 Å². The number of hydrogen-bond donors (Lipinski definition) is 0. The second-order valence-corrected chi connectivity index (χ2v) is 68.1. The molecule has 0 aliphatic rings. The summed E-state index contributed by atoms with van der Waals surface area (Å²) in [6.07, 6.45) is -1.98. The first kappa shape index (κ1) is 19.2. The Kier molecular flexibility index (Phi) is 5.91. The van der Waals surface area contributed by atoms with E-state index in [0.29, 0.717) is 0 Å². The minimum absolute atomic E-state index is 1.94. The van der Waals surface area contributed by atoms with Crippen LogP contribution < -0.4 is 0 Å². The highest BCUT2D eigenvalue weighted by molar-refractivity contribution is 8.20. The van der Waals surface area contributed by atoms with Crippen LogP contribution in [0, 0.1) is 0 Å². The lowest BCUT2D eigenvalue weighted by atomic mass is 11.9. The zero-order valence-electron chi connectivity index (χ0n) is 12.0. The molecule has 17 heavy (non-hydrogen) atoms. The van der Waals surface area contributed by atoms with Crippen molar-refractivity contribution in [2.45, 2.75) is 52.4 Å². The van der Waals surface area contributed by atoms with Gasteiger partial charge in [-0.05, 0) is 0 Å². The molecule has 0 bridgehead atoms. The van der Waals surface area contributed by atoms with Crippen LogP contribution in [-0.4, -0.2) is 33.7 Å². The van der Waals surface area contributed by atoms with Gasteiger partial charge in [0.15, 0.2) is 0 Å². The Morgan fingerprint density at radius 3 is 0.529 bits per heavy atom. The minimum Gasteiger partial charge on any atom is -0.172 e. The van der Waals surface area contributed by atoms with Gasteiger partial charge in [0, 0.05) is 0 Å². The largest absolute Gasteiger partial charge is 0.172 e. The van der Waals surface area contributed by atoms with Crippen LogP contribution in [0.3, 0.4) is 0 Å². The summed E-state index contributed by atoms with van der Waals surface area (Å²) in [5, 5.41) is 0. The molecule has 0 aliphatic heterocycles. The predicted molar refractivity (Wildman–Crippen MR) is 99.1 cm³/mol. The monoisotopic (exact) mass is 400 g/mol. The van der Waals surface area contributed by atoms with Crippen LogP contribution in [0.2, 0.25) is 52.4 Å². The first-order valence-corrected chi connectivity index (χ1v) is 27.8. The predicted octanol–water partition coefficient (Wildman–Crippen LogP) is 5.52. The normalized spacial score (nSPS) is 16.2. The first-order valence-electron chi connectivity index (χ1n) is 5.76. The average Bonchev–Trinajstić information content (AvgIpc) is 1.67. The summed E-state index contributed by atoms with van der Waals surface area (Å²) in [5.74, 6) is 0. The molecular weight excluding hydrogens is 378 g/mol. The van der Waals surface area contributed by atoms with Gasteiger partial charge in [0.25, 0.3) is 0 Å². The molecule has 0 spiro atoms. The fourth-order valence-corrected chi connectivity index (χ4v) is 199. The summed E-state index contributed by atoms with van der Waals surface area (Å²) in [4.78, 5) is 0. The third-order valence-electron chi connectivity index (χ3n) is 3.57. The van der Waals surface area contributed by atoms with E-state index in [9.17, 15) is 0 Å². The van der Waals surface area contributed by atoms with Gasteiger partial charge in [-0.2, -0.15) is 44.3 Å². The van der Waals surface area contributed by atoms with E-state index >= 15 is 0 Å². The van der Waals surface area contributed by atoms with E-state index < -0.39 is 33.7 Å². The second-order valence-electron chi connectivity index (χ2n) is 6.64. The molecule has 0 heterocycles. The Balaban J connectivity index is 6.37. The summed E-state index contributed by atoms with van der Waals surface area (Å²) in [6.45, 7) is 10.1. The van der Waals surface area contributed by atoms with Crippen molar-refractivity contribution in [3.63, 3.8) is 0 Å². The van der Waals surface area contributed by atoms with Crippen LogP contribution in [-0.2, 0) is 0 Å². The molecule has 0 unspecified atom stereocenters. The van der Waals surface area contributed by atoms with Crippen LogP contribution >= 0.6 is 44.3 Å². The van der Waals surface area contributed by atoms with Crippen molar-refractivity contribution in [1.82, 2.24) is 0 Å². The summed E-state index contributed by atoms with van der Waals surface area (Å²) >= 11 is 27.8. The smallest absolute Gasteiger partial charge is 0.138 e. The molecule has 0 fully saturated rings. The molecule has 0 N–H and O–H groups in total. The molecule has 0 radical (unpaired) electrons. The van der Waals surface area contributed by atoms with Crippen LogP contribution in [0.25, 0.3) is 0 Å². The Hall–Kier alpha value is 2.24. The van der Waals surface area contributed by atoms with E-state index in [1.165, 1.54) is 0 Å². The Morgan fingerprint density at radius 2 is 0.529 bits per heavy atom. The molecule has 0 rings (SSSR count). The van der Waals surface area contributed by atoms with E-state index in [0.717, 1.165) is 0 Å². The SMILES string of the molecule is C[Si](C)(Cl)[Si]([Si](C)(C)Cl)([Si](C)(C)Cl)[Si](C)(C)Cl. The maximum Gasteiger partial charge on any atom is 0.138 e. The van der Waals surface area contributed by atoms with Crippen molar-refractivity contribution >= 4 is 78.1 Å². The Labute approximate surface area is 129 Å². The van der Waals surface area contributed by atoms with Crippen LogP contribution in [0.1, 0.15) is 0 Å². The second kappa shape index (κ2) is 5.22. The molecule has 0 atom stereocenters. The fraction of sp³-hybridized carbons (Fsp3) is 1.00. The molecule has 0 aromatic heterocycles. The molecule has 104 valence electrons. The maximum atomic E-state index is 6.96. The molecule has 0 aliphatic carbocycles. The van der Waals surface area contributed by atoms with Crippen molar-refractivity contribution in [3.8, 4) is 0 Å². The van der Waals surface area contributed by atoms with Crippen molar-refractivity contribution in [3.05, 3.63) is 0 Å². The van der Waals surface area contributed by atoms with Gasteiger partial charge in [-0.25, -0.2) is 0 Å². The molecule has 0 saturated heterocycles. The Morgan fingerprint density at radius 1 is 0.412 bits per heavy atom. The number of hydrogen-bond acceptors (Lipinski definition) is 0. The molecular formula is C8H24Cl4Si5. The van der Waals surface area contributed by atoms with E-state index in [1.54, 1.807) is 0 Å². The van der Waals surface area contributed by atoms with Crippen LogP contribution in [0.5, 0.6) is 0 Å². The quantitative estimate of drug-likeness (QED) is 0.429. The van der Waals surface area contributed by atoms with Gasteiger partial charge in [-0.1, -0.05) is 52.4 Å². The van der Waals surface area contributed by atoms with Gasteiger partial charge in [0.1, 0.15) is 33.7 Å². The van der Waals surface area contributed by atoms with Gasteiger partial charge in [-0.15, -0.1) is 0 Å². The fourth-order valence-electron chi connectivity index (χ4n) is 4.24. The zero-order chi connectivity index (χ0) is 14.5.